The third kappa shape index (κ3) is 21.8. The lowest BCUT2D eigenvalue weighted by atomic mass is 9.90. The van der Waals surface area contributed by atoms with Crippen LogP contribution in [-0.4, -0.2) is 164 Å². The summed E-state index contributed by atoms with van der Waals surface area (Å²) in [6, 6.07) is 0.334. The number of aromatic nitrogens is 7. The van der Waals surface area contributed by atoms with Gasteiger partial charge in [-0.25, -0.2) is 32.4 Å². The number of hydrogen-bond acceptors (Lipinski definition) is 29. The summed E-state index contributed by atoms with van der Waals surface area (Å²) in [5, 5.41) is 13.2. The van der Waals surface area contributed by atoms with Gasteiger partial charge in [-0.3, -0.25) is 33.0 Å². The fourth-order valence-corrected chi connectivity index (χ4v) is 17.5. The Morgan fingerprint density at radius 1 is 0.628 bits per heavy atom. The molecule has 4 aliphatic rings. The number of H-pyrrole nitrogens is 1. The number of anilines is 4. The van der Waals surface area contributed by atoms with Crippen LogP contribution < -0.4 is 42.8 Å². The SMILES string of the molecule is Nc1nc2c(ncn2[C@H]2C[C@@H](O)[C@@H](COP(=O)(O)OP(=O)(O)OP(=O)(O)OP(=O)(O)OP(=O)(O)OP(=O)(O)OCCCCCCNC(=O)CCCCCCC(=O)C3CCN(c4nc(N5CCC(N)CC5)nc(N5CCC(N)CC5)n4)CC3)O2)c(=O)[nH]1. The highest BCUT2D eigenvalue weighted by Gasteiger charge is 2.50. The Labute approximate surface area is 491 Å². The van der Waals surface area contributed by atoms with Gasteiger partial charge >= 0.3 is 46.9 Å². The maximum Gasteiger partial charge on any atom is 0.490 e. The number of ether oxygens (including phenoxy) is 1. The second-order valence-corrected chi connectivity index (χ2v) is 30.3. The van der Waals surface area contributed by atoms with Crippen molar-refractivity contribution in [2.24, 2.45) is 17.4 Å². The van der Waals surface area contributed by atoms with E-state index in [2.05, 4.69) is 65.6 Å². The van der Waals surface area contributed by atoms with E-state index in [1.165, 1.54) is 4.57 Å². The molecule has 15 N–H and O–H groups in total. The minimum Gasteiger partial charge on any atom is -0.390 e. The lowest BCUT2D eigenvalue weighted by Gasteiger charge is -2.35. The van der Waals surface area contributed by atoms with E-state index in [1.807, 2.05) is 0 Å². The van der Waals surface area contributed by atoms with Crippen LogP contribution in [0.4, 0.5) is 23.8 Å². The van der Waals surface area contributed by atoms with E-state index >= 15 is 0 Å². The first-order chi connectivity index (χ1) is 40.3. The Hall–Kier alpha value is -3.60. The molecule has 486 valence electrons. The van der Waals surface area contributed by atoms with Crippen LogP contribution in [0.2, 0.25) is 0 Å². The number of hydrogen-bond donors (Lipinski definition) is 12. The van der Waals surface area contributed by atoms with E-state index in [-0.39, 0.29) is 59.6 Å². The van der Waals surface area contributed by atoms with Gasteiger partial charge in [0.05, 0.1) is 25.6 Å². The van der Waals surface area contributed by atoms with Gasteiger partial charge < -0.3 is 76.4 Å². The van der Waals surface area contributed by atoms with Gasteiger partial charge in [0, 0.05) is 83.1 Å². The number of nitrogens with two attached hydrogens (primary N) is 3. The molecule has 3 aromatic heterocycles. The second-order valence-electron chi connectivity index (χ2n) is 20.8. The molecule has 0 aliphatic carbocycles. The fourth-order valence-electron chi connectivity index (χ4n) is 9.70. The van der Waals surface area contributed by atoms with E-state index in [0.717, 1.165) is 77.5 Å². The molecule has 4 saturated heterocycles. The molecule has 7 heterocycles. The van der Waals surface area contributed by atoms with Crippen molar-refractivity contribution in [2.45, 2.75) is 140 Å². The van der Waals surface area contributed by atoms with Gasteiger partial charge in [-0.2, -0.15) is 41.5 Å². The van der Waals surface area contributed by atoms with Crippen LogP contribution in [0.3, 0.4) is 0 Å². The molecule has 86 heavy (non-hydrogen) atoms. The number of nitrogen functional groups attached to an aromatic ring is 1. The minimum absolute atomic E-state index is 0.0422. The molecule has 1 amide bonds. The number of rotatable bonds is 33. The summed E-state index contributed by atoms with van der Waals surface area (Å²) >= 11 is 0. The van der Waals surface area contributed by atoms with Crippen molar-refractivity contribution in [3.05, 3.63) is 16.7 Å². The monoisotopic (exact) mass is 1340 g/mol. The largest absolute Gasteiger partial charge is 0.490 e. The van der Waals surface area contributed by atoms with Gasteiger partial charge in [-0.05, 0) is 64.2 Å². The summed E-state index contributed by atoms with van der Waals surface area (Å²) in [6.07, 6.45) is 6.78. The zero-order valence-corrected chi connectivity index (χ0v) is 51.8. The van der Waals surface area contributed by atoms with Gasteiger partial charge in [-0.15, -0.1) is 0 Å². The van der Waals surface area contributed by atoms with Gasteiger partial charge in [0.25, 0.3) is 5.56 Å². The van der Waals surface area contributed by atoms with Crippen molar-refractivity contribution in [3.63, 3.8) is 0 Å². The number of piperidine rings is 3. The van der Waals surface area contributed by atoms with Crippen LogP contribution in [0, 0.1) is 5.92 Å². The number of nitrogens with zero attached hydrogens (tertiary/aromatic N) is 9. The van der Waals surface area contributed by atoms with E-state index < -0.39 is 84.1 Å². The number of aliphatic hydroxyl groups excluding tert-OH is 1. The van der Waals surface area contributed by atoms with Crippen LogP contribution in [0.5, 0.6) is 0 Å². The number of aromatic amines is 1. The number of carbonyl (C=O) groups excluding carboxylic acids is 2. The highest BCUT2D eigenvalue weighted by atomic mass is 31.3. The maximum atomic E-state index is 13.2. The number of Topliss-reactive ketones (excluding diaryl/α,β-unsaturated/α-hetero) is 1. The number of carbonyl (C=O) groups is 2. The summed E-state index contributed by atoms with van der Waals surface area (Å²) in [7, 11) is -37.0. The minimum atomic E-state index is -6.51. The molecule has 0 spiro atoms. The van der Waals surface area contributed by atoms with Crippen LogP contribution in [0.1, 0.15) is 115 Å². The summed E-state index contributed by atoms with van der Waals surface area (Å²) in [4.78, 5) is 128. The van der Waals surface area contributed by atoms with Crippen LogP contribution in [-0.2, 0) is 72.3 Å². The topological polar surface area (TPSA) is 554 Å². The first-order valence-electron chi connectivity index (χ1n) is 27.5. The molecule has 0 aromatic carbocycles. The molecule has 0 radical (unpaired) electrons. The van der Waals surface area contributed by atoms with Crippen molar-refractivity contribution >= 4 is 93.6 Å². The summed E-state index contributed by atoms with van der Waals surface area (Å²) in [6.45, 7) is 3.09. The highest BCUT2D eigenvalue weighted by Crippen LogP contribution is 2.75. The summed E-state index contributed by atoms with van der Waals surface area (Å²) in [5.41, 5.74) is 17.0. The zero-order valence-electron chi connectivity index (χ0n) is 46.4. The number of amides is 1. The highest BCUT2D eigenvalue weighted by molar-refractivity contribution is 7.72. The van der Waals surface area contributed by atoms with E-state index in [0.29, 0.717) is 88.8 Å². The van der Waals surface area contributed by atoms with Gasteiger partial charge in [0.2, 0.25) is 29.7 Å². The quantitative estimate of drug-likeness (QED) is 0.0308. The number of fused-ring (bicyclic) bond motifs is 1. The first-order valence-corrected chi connectivity index (χ1v) is 36.5. The summed E-state index contributed by atoms with van der Waals surface area (Å²) in [5.74, 6) is 1.69. The molecular formula is C42H74N14O24P6. The van der Waals surface area contributed by atoms with Gasteiger partial charge in [0.15, 0.2) is 11.2 Å². The van der Waals surface area contributed by atoms with Crippen molar-refractivity contribution in [1.29, 1.82) is 0 Å². The smallest absolute Gasteiger partial charge is 0.390 e. The average molecular weight is 1340 g/mol. The third-order valence-electron chi connectivity index (χ3n) is 14.1. The van der Waals surface area contributed by atoms with Crippen molar-refractivity contribution in [2.75, 3.05) is 79.5 Å². The number of unbranched alkanes of at least 4 members (excludes halogenated alkanes) is 6. The average Bonchev–Trinajstić information content (AvgIpc) is 2.12. The molecule has 7 rings (SSSR count). The van der Waals surface area contributed by atoms with Crippen LogP contribution in [0.25, 0.3) is 11.2 Å². The predicted molar refractivity (Wildman–Crippen MR) is 301 cm³/mol. The number of ketones is 1. The Balaban J connectivity index is 0.707. The lowest BCUT2D eigenvalue weighted by molar-refractivity contribution is -0.124. The molecule has 9 atom stereocenters. The molecule has 6 unspecified atom stereocenters. The number of imidazole rings is 1. The predicted octanol–water partition coefficient (Wildman–Crippen LogP) is 2.61. The third-order valence-corrected chi connectivity index (χ3v) is 23.3. The van der Waals surface area contributed by atoms with Crippen LogP contribution >= 0.6 is 46.9 Å². The Bertz CT molecular complexity index is 3120. The van der Waals surface area contributed by atoms with E-state index in [9.17, 15) is 76.2 Å². The molecule has 44 heteroatoms. The number of aliphatic hydroxyl groups is 1. The number of phosphoric ester groups is 2. The standard InChI is InChI=1S/C42H74N14O24P6/c43-29-13-20-54(21-14-29)41-50-40(51-42(52-41)55-22-15-30(44)16-23-55)53-18-11-28(12-19-53)31(57)9-5-1-2-6-10-34(59)46-17-7-3-4-8-24-73-81(61,62)76-83(65,66)78-85(69,70)80-86(71,72)79-84(67,68)77-82(63,64)74-26-33-32(58)25-35(75-33)56-27-47-36-37(56)48-39(45)49-38(36)60/h27-30,32-33,35,58H,1-26,43-44H2,(H,46,59)(H,61,62)(H,63,64)(H,65,66)(H,67,68)(H,69,70)(H,71,72)(H3,45,48,49,60)/t32-,33-,35-/m1/s1. The van der Waals surface area contributed by atoms with Crippen molar-refractivity contribution in [3.8, 4) is 0 Å². The fraction of sp³-hybridized carbons (Fsp3) is 0.762. The Kier molecular flexibility index (Phi) is 24.8. The van der Waals surface area contributed by atoms with Crippen molar-refractivity contribution < 1.29 is 107 Å². The van der Waals surface area contributed by atoms with Crippen LogP contribution in [0.15, 0.2) is 11.1 Å². The molecule has 4 fully saturated rings. The first kappa shape index (κ1) is 69.9. The lowest BCUT2D eigenvalue weighted by Crippen LogP contribution is -2.43. The summed E-state index contributed by atoms with van der Waals surface area (Å²) < 4.78 is 109. The normalized spacial score (nSPS) is 23.7. The molecule has 38 nitrogen and oxygen atoms in total. The molecule has 0 bridgehead atoms. The molecular weight excluding hydrogens is 1270 g/mol. The Morgan fingerprint density at radius 3 is 1.60 bits per heavy atom. The molecule has 0 saturated carbocycles. The maximum absolute atomic E-state index is 13.2. The molecule has 3 aromatic rings. The van der Waals surface area contributed by atoms with E-state index in [4.69, 9.17) is 36.9 Å². The Morgan fingerprint density at radius 2 is 1.08 bits per heavy atom. The zero-order chi connectivity index (χ0) is 62.7. The number of phosphoric acid groups is 6. The van der Waals surface area contributed by atoms with Crippen molar-refractivity contribution in [1.82, 2.24) is 39.8 Å². The second kappa shape index (κ2) is 30.5. The number of nitrogens with one attached hydrogen (secondary N) is 2. The van der Waals surface area contributed by atoms with Gasteiger partial charge in [0.1, 0.15) is 18.1 Å². The molecule has 4 aliphatic heterocycles. The van der Waals surface area contributed by atoms with E-state index in [1.54, 1.807) is 0 Å². The van der Waals surface area contributed by atoms with Gasteiger partial charge in [-0.1, -0.05) is 25.7 Å².